The quantitative estimate of drug-likeness (QED) is 0.575. The summed E-state index contributed by atoms with van der Waals surface area (Å²) >= 11 is 3.43. The van der Waals surface area contributed by atoms with Gasteiger partial charge in [0.05, 0.1) is 44.6 Å². The van der Waals surface area contributed by atoms with E-state index in [4.69, 9.17) is 23.7 Å². The van der Waals surface area contributed by atoms with Crippen molar-refractivity contribution in [2.24, 2.45) is 0 Å². The van der Waals surface area contributed by atoms with Gasteiger partial charge in [-0.25, -0.2) is 0 Å². The molecule has 0 saturated heterocycles. The van der Waals surface area contributed by atoms with Gasteiger partial charge in [0.1, 0.15) is 18.1 Å². The van der Waals surface area contributed by atoms with Crippen molar-refractivity contribution in [2.45, 2.75) is 0 Å². The number of hydrogen-bond donors (Lipinski definition) is 0. The van der Waals surface area contributed by atoms with Gasteiger partial charge in [-0.15, -0.1) is 0 Å². The van der Waals surface area contributed by atoms with E-state index in [0.717, 1.165) is 16.0 Å². The first-order valence-corrected chi connectivity index (χ1v) is 7.18. The first-order chi connectivity index (χ1) is 9.77. The third-order valence-corrected chi connectivity index (χ3v) is 3.05. The summed E-state index contributed by atoms with van der Waals surface area (Å²) in [6.45, 7) is 3.32. The maximum atomic E-state index is 5.59. The van der Waals surface area contributed by atoms with E-state index >= 15 is 0 Å². The van der Waals surface area contributed by atoms with Gasteiger partial charge in [-0.05, 0) is 34.1 Å². The van der Waals surface area contributed by atoms with Crippen LogP contribution in [0.4, 0.5) is 0 Å². The molecule has 6 heteroatoms. The summed E-state index contributed by atoms with van der Waals surface area (Å²) in [7, 11) is 3.28. The minimum absolute atomic E-state index is 0.489. The van der Waals surface area contributed by atoms with Gasteiger partial charge >= 0.3 is 0 Å². The van der Waals surface area contributed by atoms with Crippen LogP contribution < -0.4 is 9.47 Å². The van der Waals surface area contributed by atoms with Crippen molar-refractivity contribution in [3.05, 3.63) is 22.7 Å². The second-order valence-corrected chi connectivity index (χ2v) is 4.72. The van der Waals surface area contributed by atoms with Crippen molar-refractivity contribution < 1.29 is 23.7 Å². The van der Waals surface area contributed by atoms with E-state index in [2.05, 4.69) is 15.9 Å². The number of hydrogen-bond acceptors (Lipinski definition) is 5. The van der Waals surface area contributed by atoms with E-state index in [1.807, 2.05) is 18.2 Å². The second kappa shape index (κ2) is 10.9. The molecule has 0 N–H and O–H groups in total. The lowest BCUT2D eigenvalue weighted by molar-refractivity contribution is 0.0179. The molecule has 0 aliphatic rings. The van der Waals surface area contributed by atoms with E-state index in [0.29, 0.717) is 39.6 Å². The molecule has 0 heterocycles. The number of methoxy groups -OCH3 is 2. The van der Waals surface area contributed by atoms with Crippen molar-refractivity contribution >= 4 is 15.9 Å². The second-order valence-electron chi connectivity index (χ2n) is 3.86. The Morgan fingerprint density at radius 3 is 2.15 bits per heavy atom. The zero-order chi connectivity index (χ0) is 14.6. The summed E-state index contributed by atoms with van der Waals surface area (Å²) in [5.41, 5.74) is 0. The largest absolute Gasteiger partial charge is 0.497 e. The van der Waals surface area contributed by atoms with E-state index in [1.54, 1.807) is 14.2 Å². The fourth-order valence-electron chi connectivity index (χ4n) is 1.40. The molecule has 0 saturated carbocycles. The molecule has 0 atom stereocenters. The van der Waals surface area contributed by atoms with Crippen LogP contribution in [0.15, 0.2) is 22.7 Å². The Bertz CT molecular complexity index is 373. The van der Waals surface area contributed by atoms with Gasteiger partial charge in [0.25, 0.3) is 0 Å². The minimum atomic E-state index is 0.489. The van der Waals surface area contributed by atoms with E-state index in [9.17, 15) is 0 Å². The van der Waals surface area contributed by atoms with Crippen molar-refractivity contribution in [1.29, 1.82) is 0 Å². The van der Waals surface area contributed by atoms with Gasteiger partial charge in [0, 0.05) is 7.11 Å². The molecule has 0 amide bonds. The SMILES string of the molecule is COCCOCCOCCOc1ccc(OC)cc1Br. The third kappa shape index (κ3) is 7.09. The molecule has 0 aliphatic heterocycles. The predicted molar refractivity (Wildman–Crippen MR) is 79.7 cm³/mol. The van der Waals surface area contributed by atoms with Crippen LogP contribution in [-0.4, -0.2) is 53.9 Å². The molecular formula is C14H21BrO5. The zero-order valence-corrected chi connectivity index (χ0v) is 13.5. The van der Waals surface area contributed by atoms with Crippen LogP contribution in [-0.2, 0) is 14.2 Å². The average molecular weight is 349 g/mol. The molecule has 1 aromatic rings. The molecule has 114 valence electrons. The van der Waals surface area contributed by atoms with Crippen molar-refractivity contribution in [1.82, 2.24) is 0 Å². The first-order valence-electron chi connectivity index (χ1n) is 6.38. The van der Waals surface area contributed by atoms with Gasteiger partial charge < -0.3 is 23.7 Å². The summed E-state index contributed by atoms with van der Waals surface area (Å²) in [5, 5.41) is 0. The molecule has 1 rings (SSSR count). The summed E-state index contributed by atoms with van der Waals surface area (Å²) < 4.78 is 27.1. The highest BCUT2D eigenvalue weighted by Crippen LogP contribution is 2.28. The van der Waals surface area contributed by atoms with E-state index < -0.39 is 0 Å². The lowest BCUT2D eigenvalue weighted by Crippen LogP contribution is -2.12. The van der Waals surface area contributed by atoms with Crippen LogP contribution in [0.25, 0.3) is 0 Å². The van der Waals surface area contributed by atoms with Gasteiger partial charge in [0.15, 0.2) is 0 Å². The molecule has 5 nitrogen and oxygen atoms in total. The van der Waals surface area contributed by atoms with Gasteiger partial charge in [-0.1, -0.05) is 0 Å². The van der Waals surface area contributed by atoms with E-state index in [-0.39, 0.29) is 0 Å². The standard InChI is InChI=1S/C14H21BrO5/c1-16-5-6-18-7-8-19-9-10-20-14-4-3-12(17-2)11-13(14)15/h3-4,11H,5-10H2,1-2H3. The van der Waals surface area contributed by atoms with Crippen LogP contribution in [0.5, 0.6) is 11.5 Å². The highest BCUT2D eigenvalue weighted by atomic mass is 79.9. The molecule has 0 spiro atoms. The Hall–Kier alpha value is -0.820. The van der Waals surface area contributed by atoms with Crippen molar-refractivity contribution in [2.75, 3.05) is 53.9 Å². The lowest BCUT2D eigenvalue weighted by Gasteiger charge is -2.10. The molecule has 0 radical (unpaired) electrons. The number of rotatable bonds is 11. The van der Waals surface area contributed by atoms with Crippen molar-refractivity contribution in [3.63, 3.8) is 0 Å². The zero-order valence-electron chi connectivity index (χ0n) is 11.9. The smallest absolute Gasteiger partial charge is 0.133 e. The van der Waals surface area contributed by atoms with Crippen LogP contribution in [0.3, 0.4) is 0 Å². The Kier molecular flexibility index (Phi) is 9.40. The van der Waals surface area contributed by atoms with Gasteiger partial charge in [-0.3, -0.25) is 0 Å². The van der Waals surface area contributed by atoms with Crippen LogP contribution >= 0.6 is 15.9 Å². The fraction of sp³-hybridized carbons (Fsp3) is 0.571. The molecular weight excluding hydrogens is 328 g/mol. The highest BCUT2D eigenvalue weighted by Gasteiger charge is 2.02. The molecule has 1 aromatic carbocycles. The van der Waals surface area contributed by atoms with Gasteiger partial charge in [0.2, 0.25) is 0 Å². The topological polar surface area (TPSA) is 46.2 Å². The van der Waals surface area contributed by atoms with Crippen LogP contribution in [0.2, 0.25) is 0 Å². The Labute approximate surface area is 128 Å². The highest BCUT2D eigenvalue weighted by molar-refractivity contribution is 9.10. The lowest BCUT2D eigenvalue weighted by atomic mass is 10.3. The normalized spacial score (nSPS) is 10.6. The minimum Gasteiger partial charge on any atom is -0.497 e. The summed E-state index contributed by atoms with van der Waals surface area (Å²) in [5.74, 6) is 1.56. The van der Waals surface area contributed by atoms with Crippen LogP contribution in [0.1, 0.15) is 0 Å². The Morgan fingerprint density at radius 1 is 0.900 bits per heavy atom. The van der Waals surface area contributed by atoms with Crippen LogP contribution in [0, 0.1) is 0 Å². The Morgan fingerprint density at radius 2 is 1.55 bits per heavy atom. The first kappa shape index (κ1) is 17.2. The molecule has 0 bridgehead atoms. The van der Waals surface area contributed by atoms with E-state index in [1.165, 1.54) is 0 Å². The predicted octanol–water partition coefficient (Wildman–Crippen LogP) is 2.52. The summed E-state index contributed by atoms with van der Waals surface area (Å²) in [6, 6.07) is 5.57. The monoisotopic (exact) mass is 348 g/mol. The average Bonchev–Trinajstić information content (AvgIpc) is 2.47. The maximum absolute atomic E-state index is 5.59. The molecule has 20 heavy (non-hydrogen) atoms. The summed E-state index contributed by atoms with van der Waals surface area (Å²) in [6.07, 6.45) is 0. The molecule has 0 fully saturated rings. The van der Waals surface area contributed by atoms with Crippen molar-refractivity contribution in [3.8, 4) is 11.5 Å². The summed E-state index contributed by atoms with van der Waals surface area (Å²) in [4.78, 5) is 0. The third-order valence-electron chi connectivity index (χ3n) is 2.43. The number of ether oxygens (including phenoxy) is 5. The molecule has 0 aromatic heterocycles. The number of halogens is 1. The fourth-order valence-corrected chi connectivity index (χ4v) is 1.87. The molecule has 0 unspecified atom stereocenters. The number of benzene rings is 1. The van der Waals surface area contributed by atoms with Gasteiger partial charge in [-0.2, -0.15) is 0 Å². The maximum Gasteiger partial charge on any atom is 0.133 e. The Balaban J connectivity index is 2.06. The molecule has 0 aliphatic carbocycles.